The Morgan fingerprint density at radius 3 is 2.26 bits per heavy atom. The van der Waals surface area contributed by atoms with Gasteiger partial charge in [0.05, 0.1) is 12.1 Å². The summed E-state index contributed by atoms with van der Waals surface area (Å²) in [4.78, 5) is 21.4. The van der Waals surface area contributed by atoms with Crippen LogP contribution in [0.3, 0.4) is 0 Å². The van der Waals surface area contributed by atoms with E-state index in [1.54, 1.807) is 0 Å². The number of alkyl halides is 3. The van der Waals surface area contributed by atoms with Crippen LogP contribution in [-0.4, -0.2) is 52.0 Å². The van der Waals surface area contributed by atoms with Crippen molar-refractivity contribution in [2.45, 2.75) is 51.2 Å². The van der Waals surface area contributed by atoms with Crippen molar-refractivity contribution in [3.05, 3.63) is 35.7 Å². The zero-order chi connectivity index (χ0) is 21.8. The van der Waals surface area contributed by atoms with Crippen LogP contribution in [0.4, 0.5) is 13.2 Å². The smallest absolute Gasteiger partial charge is 0.342 e. The number of aromatic nitrogens is 2. The largest absolute Gasteiger partial charge is 0.416 e. The van der Waals surface area contributed by atoms with Gasteiger partial charge in [0.25, 0.3) is 0 Å². The molecule has 1 aromatic carbocycles. The van der Waals surface area contributed by atoms with E-state index >= 15 is 0 Å². The van der Waals surface area contributed by atoms with Crippen molar-refractivity contribution in [1.29, 1.82) is 0 Å². The predicted octanol–water partition coefficient (Wildman–Crippen LogP) is 4.37. The number of hydrogen-bond donors (Lipinski definition) is 0. The number of halogens is 3. The molecule has 4 rings (SSSR count). The second kappa shape index (κ2) is 9.38. The molecular formula is C22H27F3N4O2. The van der Waals surface area contributed by atoms with Crippen molar-refractivity contribution in [2.75, 3.05) is 26.2 Å². The molecule has 0 unspecified atom stereocenters. The molecule has 2 aliphatic rings. The minimum absolute atomic E-state index is 0.0831. The summed E-state index contributed by atoms with van der Waals surface area (Å²) in [5.74, 6) is 1.07. The van der Waals surface area contributed by atoms with Crippen molar-refractivity contribution >= 4 is 5.91 Å². The number of hydrogen-bond acceptors (Lipinski definition) is 5. The van der Waals surface area contributed by atoms with Gasteiger partial charge in [-0.3, -0.25) is 9.69 Å². The molecule has 2 fully saturated rings. The van der Waals surface area contributed by atoms with Gasteiger partial charge in [0.2, 0.25) is 17.6 Å². The SMILES string of the molecule is O=C(C1CCN(Cc2nc(-c3ccc(C(F)(F)F)cc3)no2)CC1)N1CCCCCC1. The average molecular weight is 436 g/mol. The number of benzene rings is 1. The Morgan fingerprint density at radius 2 is 1.65 bits per heavy atom. The molecule has 1 amide bonds. The molecule has 3 heterocycles. The highest BCUT2D eigenvalue weighted by Crippen LogP contribution is 2.30. The Bertz CT molecular complexity index is 866. The fourth-order valence-electron chi connectivity index (χ4n) is 4.32. The maximum Gasteiger partial charge on any atom is 0.416 e. The lowest BCUT2D eigenvalue weighted by molar-refractivity contribution is -0.138. The number of rotatable bonds is 4. The summed E-state index contributed by atoms with van der Waals surface area (Å²) in [5.41, 5.74) is -0.234. The lowest BCUT2D eigenvalue weighted by Gasteiger charge is -2.33. The monoisotopic (exact) mass is 436 g/mol. The first-order valence-corrected chi connectivity index (χ1v) is 10.9. The summed E-state index contributed by atoms with van der Waals surface area (Å²) < 4.78 is 43.4. The molecular weight excluding hydrogens is 409 g/mol. The third-order valence-electron chi connectivity index (χ3n) is 6.15. The number of amides is 1. The van der Waals surface area contributed by atoms with Crippen molar-refractivity contribution in [3.8, 4) is 11.4 Å². The minimum Gasteiger partial charge on any atom is -0.342 e. The van der Waals surface area contributed by atoms with Gasteiger partial charge in [-0.2, -0.15) is 18.2 Å². The number of piperidine rings is 1. The first-order chi connectivity index (χ1) is 14.9. The first-order valence-electron chi connectivity index (χ1n) is 10.9. The maximum absolute atomic E-state index is 12.8. The van der Waals surface area contributed by atoms with Gasteiger partial charge in [-0.1, -0.05) is 30.1 Å². The van der Waals surface area contributed by atoms with E-state index in [1.807, 2.05) is 4.90 Å². The molecule has 0 spiro atoms. The number of carbonyl (C=O) groups excluding carboxylic acids is 1. The van der Waals surface area contributed by atoms with E-state index in [-0.39, 0.29) is 11.7 Å². The van der Waals surface area contributed by atoms with Crippen LogP contribution in [0.1, 0.15) is 50.0 Å². The average Bonchev–Trinajstić information content (AvgIpc) is 3.05. The van der Waals surface area contributed by atoms with E-state index in [0.717, 1.165) is 64.0 Å². The molecule has 6 nitrogen and oxygen atoms in total. The Morgan fingerprint density at radius 1 is 1.00 bits per heavy atom. The third-order valence-corrected chi connectivity index (χ3v) is 6.15. The zero-order valence-electron chi connectivity index (χ0n) is 17.4. The molecule has 0 bridgehead atoms. The Hall–Kier alpha value is -2.42. The van der Waals surface area contributed by atoms with Gasteiger partial charge in [-0.25, -0.2) is 0 Å². The standard InChI is InChI=1S/C22H27F3N4O2/c23-22(24,25)18-7-5-16(6-8-18)20-26-19(31-27-20)15-28-13-9-17(10-14-28)21(30)29-11-3-1-2-4-12-29/h5-8,17H,1-4,9-15H2. The topological polar surface area (TPSA) is 62.5 Å². The first kappa shape index (κ1) is 21.8. The minimum atomic E-state index is -4.37. The normalized spacial score (nSPS) is 19.4. The van der Waals surface area contributed by atoms with Crippen LogP contribution in [0.5, 0.6) is 0 Å². The van der Waals surface area contributed by atoms with Gasteiger partial charge in [0.15, 0.2) is 0 Å². The van der Waals surface area contributed by atoms with Gasteiger partial charge in [0, 0.05) is 24.6 Å². The molecule has 0 aliphatic carbocycles. The fraction of sp³-hybridized carbons (Fsp3) is 0.591. The van der Waals surface area contributed by atoms with Crippen molar-refractivity contribution < 1.29 is 22.5 Å². The molecule has 2 aliphatic heterocycles. The number of nitrogens with zero attached hydrogens (tertiary/aromatic N) is 4. The van der Waals surface area contributed by atoms with Gasteiger partial charge in [0.1, 0.15) is 0 Å². The summed E-state index contributed by atoms with van der Waals surface area (Å²) in [6.45, 7) is 3.80. The van der Waals surface area contributed by atoms with E-state index in [2.05, 4.69) is 15.0 Å². The molecule has 168 valence electrons. The molecule has 0 atom stereocenters. The van der Waals surface area contributed by atoms with Gasteiger partial charge in [-0.15, -0.1) is 0 Å². The van der Waals surface area contributed by atoms with Crippen LogP contribution < -0.4 is 0 Å². The number of likely N-dealkylation sites (tertiary alicyclic amines) is 2. The summed E-state index contributed by atoms with van der Waals surface area (Å²) in [6.07, 6.45) is 1.87. The quantitative estimate of drug-likeness (QED) is 0.712. The fourth-order valence-corrected chi connectivity index (χ4v) is 4.32. The summed E-state index contributed by atoms with van der Waals surface area (Å²) in [5, 5.41) is 3.90. The van der Waals surface area contributed by atoms with Gasteiger partial charge >= 0.3 is 6.18 Å². The van der Waals surface area contributed by atoms with Crippen LogP contribution in [0, 0.1) is 5.92 Å². The summed E-state index contributed by atoms with van der Waals surface area (Å²) in [6, 6.07) is 4.71. The van der Waals surface area contributed by atoms with Crippen LogP contribution in [0.15, 0.2) is 28.8 Å². The van der Waals surface area contributed by atoms with E-state index < -0.39 is 11.7 Å². The van der Waals surface area contributed by atoms with Gasteiger partial charge in [-0.05, 0) is 50.9 Å². The molecule has 0 N–H and O–H groups in total. The highest BCUT2D eigenvalue weighted by Gasteiger charge is 2.31. The molecule has 2 aromatic rings. The van der Waals surface area contributed by atoms with Crippen molar-refractivity contribution in [3.63, 3.8) is 0 Å². The maximum atomic E-state index is 12.8. The lowest BCUT2D eigenvalue weighted by Crippen LogP contribution is -2.42. The van der Waals surface area contributed by atoms with Crippen molar-refractivity contribution in [1.82, 2.24) is 19.9 Å². The van der Waals surface area contributed by atoms with E-state index in [1.165, 1.54) is 25.0 Å². The molecule has 1 aromatic heterocycles. The second-order valence-corrected chi connectivity index (χ2v) is 8.38. The third kappa shape index (κ3) is 5.44. The van der Waals surface area contributed by atoms with Crippen LogP contribution in [0.2, 0.25) is 0 Å². The molecule has 0 radical (unpaired) electrons. The van der Waals surface area contributed by atoms with E-state index in [0.29, 0.717) is 23.9 Å². The van der Waals surface area contributed by atoms with E-state index in [9.17, 15) is 18.0 Å². The Labute approximate surface area is 179 Å². The van der Waals surface area contributed by atoms with Gasteiger partial charge < -0.3 is 9.42 Å². The van der Waals surface area contributed by atoms with Crippen molar-refractivity contribution in [2.24, 2.45) is 5.92 Å². The summed E-state index contributed by atoms with van der Waals surface area (Å²) >= 11 is 0. The predicted molar refractivity (Wildman–Crippen MR) is 108 cm³/mol. The van der Waals surface area contributed by atoms with Crippen LogP contribution in [-0.2, 0) is 17.5 Å². The number of carbonyl (C=O) groups is 1. The lowest BCUT2D eigenvalue weighted by atomic mass is 9.95. The zero-order valence-corrected chi connectivity index (χ0v) is 17.4. The van der Waals surface area contributed by atoms with E-state index in [4.69, 9.17) is 4.52 Å². The van der Waals surface area contributed by atoms with Crippen LogP contribution >= 0.6 is 0 Å². The molecule has 31 heavy (non-hydrogen) atoms. The highest BCUT2D eigenvalue weighted by molar-refractivity contribution is 5.79. The second-order valence-electron chi connectivity index (χ2n) is 8.38. The molecule has 2 saturated heterocycles. The highest BCUT2D eigenvalue weighted by atomic mass is 19.4. The Kier molecular flexibility index (Phi) is 6.60. The summed E-state index contributed by atoms with van der Waals surface area (Å²) in [7, 11) is 0. The Balaban J connectivity index is 1.29. The molecule has 0 saturated carbocycles. The molecule has 9 heteroatoms. The van der Waals surface area contributed by atoms with Crippen LogP contribution in [0.25, 0.3) is 11.4 Å².